The van der Waals surface area contributed by atoms with Gasteiger partial charge in [0.25, 0.3) is 0 Å². The van der Waals surface area contributed by atoms with E-state index in [0.29, 0.717) is 10.9 Å². The number of amides is 2. The van der Waals surface area contributed by atoms with Crippen molar-refractivity contribution in [1.82, 2.24) is 15.5 Å². The van der Waals surface area contributed by atoms with Crippen LogP contribution in [0.3, 0.4) is 0 Å². The van der Waals surface area contributed by atoms with Crippen molar-refractivity contribution in [3.05, 3.63) is 29.2 Å². The van der Waals surface area contributed by atoms with Crippen LogP contribution < -0.4 is 10.6 Å². The molecule has 0 fully saturated rings. The van der Waals surface area contributed by atoms with E-state index in [1.807, 2.05) is 0 Å². The minimum absolute atomic E-state index is 0.0223. The number of nitrogens with one attached hydrogen (secondary N) is 2. The molecule has 8 heteroatoms. The van der Waals surface area contributed by atoms with Crippen molar-refractivity contribution in [2.75, 3.05) is 11.9 Å². The van der Waals surface area contributed by atoms with Gasteiger partial charge >= 0.3 is 6.03 Å². The van der Waals surface area contributed by atoms with Crippen LogP contribution in [-0.4, -0.2) is 27.9 Å². The van der Waals surface area contributed by atoms with Crippen molar-refractivity contribution >= 4 is 22.5 Å². The summed E-state index contributed by atoms with van der Waals surface area (Å²) >= 11 is 1.37. The Balaban J connectivity index is 1.78. The third-order valence-corrected chi connectivity index (χ3v) is 4.23. The molecule has 7 nitrogen and oxygen atoms in total. The van der Waals surface area contributed by atoms with Gasteiger partial charge in [0, 0.05) is 6.42 Å². The van der Waals surface area contributed by atoms with Crippen LogP contribution in [0.1, 0.15) is 43.9 Å². The Hall–Kier alpha value is -1.93. The van der Waals surface area contributed by atoms with Gasteiger partial charge in [-0.2, -0.15) is 0 Å². The monoisotopic (exact) mass is 338 g/mol. The third-order valence-electron chi connectivity index (χ3n) is 3.33. The van der Waals surface area contributed by atoms with Crippen LogP contribution in [0, 0.1) is 0 Å². The van der Waals surface area contributed by atoms with Gasteiger partial charge in [-0.3, -0.25) is 5.32 Å². The molecule has 2 amide bonds. The Morgan fingerprint density at radius 3 is 2.96 bits per heavy atom. The first kappa shape index (κ1) is 17.4. The predicted molar refractivity (Wildman–Crippen MR) is 88.4 cm³/mol. The fraction of sp³-hybridized carbons (Fsp3) is 0.533. The average molecular weight is 338 g/mol. The maximum Gasteiger partial charge on any atom is 0.321 e. The molecule has 0 aromatic carbocycles. The summed E-state index contributed by atoms with van der Waals surface area (Å²) in [7, 11) is 0. The van der Waals surface area contributed by atoms with E-state index in [2.05, 4.69) is 27.8 Å². The number of aliphatic hydroxyl groups is 1. The Morgan fingerprint density at radius 2 is 2.26 bits per heavy atom. The van der Waals surface area contributed by atoms with Crippen LogP contribution in [0.2, 0.25) is 0 Å². The summed E-state index contributed by atoms with van der Waals surface area (Å²) in [6, 6.07) is 2.91. The number of carbonyl (C=O) groups is 1. The summed E-state index contributed by atoms with van der Waals surface area (Å²) in [5.41, 5.74) is -1.27. The molecule has 0 spiro atoms. The molecule has 0 aliphatic rings. The second kappa shape index (κ2) is 8.07. The van der Waals surface area contributed by atoms with Crippen LogP contribution in [0.15, 0.2) is 22.8 Å². The first-order chi connectivity index (χ1) is 11.0. The average Bonchev–Trinajstić information content (AvgIpc) is 3.18. The molecule has 2 heterocycles. The molecule has 0 aliphatic carbocycles. The smallest absolute Gasteiger partial charge is 0.321 e. The van der Waals surface area contributed by atoms with Gasteiger partial charge < -0.3 is 14.8 Å². The SMILES string of the molecule is CCCCCc1nnc(NC(=O)NCC(C)(O)c2ccco2)s1. The van der Waals surface area contributed by atoms with Gasteiger partial charge in [0.05, 0.1) is 12.8 Å². The molecular weight excluding hydrogens is 316 g/mol. The van der Waals surface area contributed by atoms with E-state index >= 15 is 0 Å². The lowest BCUT2D eigenvalue weighted by Gasteiger charge is -2.20. The van der Waals surface area contributed by atoms with Crippen molar-refractivity contribution < 1.29 is 14.3 Å². The summed E-state index contributed by atoms with van der Waals surface area (Å²) in [6.45, 7) is 3.74. The second-order valence-corrected chi connectivity index (χ2v) is 6.58. The summed E-state index contributed by atoms with van der Waals surface area (Å²) in [5.74, 6) is 0.395. The van der Waals surface area contributed by atoms with E-state index in [0.717, 1.165) is 30.7 Å². The van der Waals surface area contributed by atoms with E-state index in [1.165, 1.54) is 17.6 Å². The van der Waals surface area contributed by atoms with E-state index < -0.39 is 11.6 Å². The number of furan rings is 1. The standard InChI is InChI=1S/C15H22N4O3S/c1-3-4-5-8-12-18-19-14(23-12)17-13(20)16-10-15(2,21)11-7-6-9-22-11/h6-7,9,21H,3-5,8,10H2,1-2H3,(H2,16,17,19,20). The molecule has 23 heavy (non-hydrogen) atoms. The highest BCUT2D eigenvalue weighted by atomic mass is 32.1. The number of rotatable bonds is 8. The fourth-order valence-electron chi connectivity index (χ4n) is 2.00. The normalized spacial score (nSPS) is 13.5. The first-order valence-corrected chi connectivity index (χ1v) is 8.46. The topological polar surface area (TPSA) is 100 Å². The van der Waals surface area contributed by atoms with Gasteiger partial charge in [-0.15, -0.1) is 10.2 Å². The van der Waals surface area contributed by atoms with Crippen molar-refractivity contribution in [3.8, 4) is 0 Å². The molecule has 2 aromatic heterocycles. The molecule has 1 atom stereocenters. The van der Waals surface area contributed by atoms with Gasteiger partial charge in [-0.1, -0.05) is 31.1 Å². The van der Waals surface area contributed by atoms with Crippen molar-refractivity contribution in [2.45, 2.75) is 45.1 Å². The molecule has 0 radical (unpaired) electrons. The molecule has 3 N–H and O–H groups in total. The Kier molecular flexibility index (Phi) is 6.12. The lowest BCUT2D eigenvalue weighted by Crippen LogP contribution is -2.40. The zero-order valence-corrected chi connectivity index (χ0v) is 14.2. The first-order valence-electron chi connectivity index (χ1n) is 7.65. The minimum atomic E-state index is -1.27. The lowest BCUT2D eigenvalue weighted by atomic mass is 10.0. The zero-order valence-electron chi connectivity index (χ0n) is 13.3. The van der Waals surface area contributed by atoms with Gasteiger partial charge in [-0.25, -0.2) is 4.79 Å². The molecule has 1 unspecified atom stereocenters. The number of unbranched alkanes of at least 4 members (excludes halogenated alkanes) is 2. The minimum Gasteiger partial charge on any atom is -0.466 e. The van der Waals surface area contributed by atoms with Gasteiger partial charge in [0.1, 0.15) is 16.4 Å². The summed E-state index contributed by atoms with van der Waals surface area (Å²) in [5, 5.41) is 24.8. The predicted octanol–water partition coefficient (Wildman–Crippen LogP) is 2.89. The van der Waals surface area contributed by atoms with Crippen LogP contribution in [0.4, 0.5) is 9.93 Å². The van der Waals surface area contributed by atoms with Crippen molar-refractivity contribution in [2.24, 2.45) is 0 Å². The molecule has 2 aromatic rings. The summed E-state index contributed by atoms with van der Waals surface area (Å²) < 4.78 is 5.16. The van der Waals surface area contributed by atoms with Gasteiger partial charge in [-0.05, 0) is 25.5 Å². The highest BCUT2D eigenvalue weighted by molar-refractivity contribution is 7.15. The molecular formula is C15H22N4O3S. The molecule has 0 saturated heterocycles. The maximum absolute atomic E-state index is 11.9. The van der Waals surface area contributed by atoms with Crippen molar-refractivity contribution in [1.29, 1.82) is 0 Å². The van der Waals surface area contributed by atoms with E-state index in [9.17, 15) is 9.90 Å². The van der Waals surface area contributed by atoms with Crippen LogP contribution >= 0.6 is 11.3 Å². The molecule has 2 rings (SSSR count). The van der Waals surface area contributed by atoms with Crippen LogP contribution in [0.5, 0.6) is 0 Å². The number of aryl methyl sites for hydroxylation is 1. The number of hydrogen-bond acceptors (Lipinski definition) is 6. The maximum atomic E-state index is 11.9. The largest absolute Gasteiger partial charge is 0.466 e. The summed E-state index contributed by atoms with van der Waals surface area (Å²) in [6.07, 6.45) is 5.74. The van der Waals surface area contributed by atoms with Gasteiger partial charge in [0.2, 0.25) is 5.13 Å². The van der Waals surface area contributed by atoms with Crippen molar-refractivity contribution in [3.63, 3.8) is 0 Å². The Bertz CT molecular complexity index is 610. The van der Waals surface area contributed by atoms with Crippen LogP contribution in [0.25, 0.3) is 0 Å². The lowest BCUT2D eigenvalue weighted by molar-refractivity contribution is 0.0372. The molecule has 126 valence electrons. The number of nitrogens with zero attached hydrogens (tertiary/aromatic N) is 2. The number of hydrogen-bond donors (Lipinski definition) is 3. The number of aromatic nitrogens is 2. The second-order valence-electron chi connectivity index (χ2n) is 5.52. The molecule has 0 saturated carbocycles. The van der Waals surface area contributed by atoms with E-state index in [1.54, 1.807) is 19.1 Å². The Morgan fingerprint density at radius 1 is 1.43 bits per heavy atom. The fourth-order valence-corrected chi connectivity index (χ4v) is 2.77. The molecule has 0 bridgehead atoms. The zero-order chi connectivity index (χ0) is 16.7. The highest BCUT2D eigenvalue weighted by Gasteiger charge is 2.26. The number of anilines is 1. The molecule has 0 aliphatic heterocycles. The number of carbonyl (C=O) groups excluding carboxylic acids is 1. The quantitative estimate of drug-likeness (QED) is 0.643. The Labute approximate surface area is 139 Å². The van der Waals surface area contributed by atoms with E-state index in [-0.39, 0.29) is 6.54 Å². The van der Waals surface area contributed by atoms with Gasteiger partial charge in [0.15, 0.2) is 0 Å². The highest BCUT2D eigenvalue weighted by Crippen LogP contribution is 2.20. The number of urea groups is 1. The van der Waals surface area contributed by atoms with E-state index in [4.69, 9.17) is 4.42 Å². The third kappa shape index (κ3) is 5.33. The summed E-state index contributed by atoms with van der Waals surface area (Å²) in [4.78, 5) is 11.9. The van der Waals surface area contributed by atoms with Crippen LogP contribution in [-0.2, 0) is 12.0 Å².